The van der Waals surface area contributed by atoms with Crippen LogP contribution >= 0.6 is 0 Å². The second-order valence-electron chi connectivity index (χ2n) is 7.96. The number of hydrogen-bond donors (Lipinski definition) is 1. The minimum absolute atomic E-state index is 0.0313. The number of nitrogens with zero attached hydrogens (tertiary/aromatic N) is 1. The summed E-state index contributed by atoms with van der Waals surface area (Å²) in [5.74, 6) is 0. The molecular formula is C24H26N2O3S2. The van der Waals surface area contributed by atoms with E-state index in [1.54, 1.807) is 24.3 Å². The summed E-state index contributed by atoms with van der Waals surface area (Å²) in [7, 11) is -7.59. The number of sulfonamides is 1. The largest absolute Gasteiger partial charge is 0.291 e. The van der Waals surface area contributed by atoms with E-state index < -0.39 is 19.9 Å². The summed E-state index contributed by atoms with van der Waals surface area (Å²) in [6, 6.07) is 21.2. The SMILES string of the molecule is Cc1ccc(S(=O)(=O)N=S(=O)(N[C@@H]2CCCc3ccccc32)c2ccc(C)cc2)cc1. The van der Waals surface area contributed by atoms with Gasteiger partial charge in [0.15, 0.2) is 9.92 Å². The molecule has 162 valence electrons. The van der Waals surface area contributed by atoms with E-state index in [-0.39, 0.29) is 10.9 Å². The maximum atomic E-state index is 14.2. The first-order valence-electron chi connectivity index (χ1n) is 10.3. The molecule has 4 rings (SSSR count). The monoisotopic (exact) mass is 454 g/mol. The number of aryl methyl sites for hydroxylation is 3. The molecular weight excluding hydrogens is 428 g/mol. The van der Waals surface area contributed by atoms with E-state index in [9.17, 15) is 12.6 Å². The third kappa shape index (κ3) is 4.74. The lowest BCUT2D eigenvalue weighted by Crippen LogP contribution is -2.31. The molecule has 7 heteroatoms. The normalized spacial score (nSPS) is 18.1. The molecule has 0 heterocycles. The highest BCUT2D eigenvalue weighted by Crippen LogP contribution is 2.32. The van der Waals surface area contributed by atoms with Crippen molar-refractivity contribution in [3.8, 4) is 0 Å². The topological polar surface area (TPSA) is 75.6 Å². The van der Waals surface area contributed by atoms with Gasteiger partial charge in [-0.25, -0.2) is 8.93 Å². The second-order valence-corrected chi connectivity index (χ2v) is 11.7. The fourth-order valence-electron chi connectivity index (χ4n) is 3.82. The molecule has 0 aliphatic heterocycles. The molecule has 2 atom stereocenters. The van der Waals surface area contributed by atoms with Gasteiger partial charge in [0.1, 0.15) is 0 Å². The molecule has 31 heavy (non-hydrogen) atoms. The van der Waals surface area contributed by atoms with Crippen LogP contribution < -0.4 is 4.72 Å². The van der Waals surface area contributed by atoms with Crippen LogP contribution in [0, 0.1) is 13.8 Å². The van der Waals surface area contributed by atoms with Crippen LogP contribution in [0.1, 0.15) is 41.1 Å². The molecule has 5 nitrogen and oxygen atoms in total. The van der Waals surface area contributed by atoms with Crippen LogP contribution in [-0.2, 0) is 26.4 Å². The highest BCUT2D eigenvalue weighted by atomic mass is 32.3. The Hall–Kier alpha value is -2.48. The Kier molecular flexibility index (Phi) is 6.01. The van der Waals surface area contributed by atoms with E-state index in [1.807, 2.05) is 44.2 Å². The summed E-state index contributed by atoms with van der Waals surface area (Å²) in [6.07, 6.45) is 2.65. The molecule has 0 saturated carbocycles. The highest BCUT2D eigenvalue weighted by Gasteiger charge is 2.27. The molecule has 1 aliphatic rings. The maximum absolute atomic E-state index is 14.2. The number of hydrogen-bond acceptors (Lipinski definition) is 3. The van der Waals surface area contributed by atoms with Gasteiger partial charge in [0.05, 0.1) is 9.79 Å². The predicted molar refractivity (Wildman–Crippen MR) is 124 cm³/mol. The Morgan fingerprint density at radius 1 is 0.806 bits per heavy atom. The molecule has 1 aliphatic carbocycles. The molecule has 1 N–H and O–H groups in total. The standard InChI is InChI=1S/C24H26N2O3S2/c1-18-10-14-21(15-11-18)30(27,26-31(28,29)22-16-12-19(2)13-17-22)25-24-9-5-7-20-6-3-4-8-23(20)24/h3-4,6,8,10-17,24H,5,7,9H2,1-2H3,(H,25,26,27)/t24-,30?/m1/s1. The minimum atomic E-state index is -4.13. The number of rotatable bonds is 5. The van der Waals surface area contributed by atoms with Crippen molar-refractivity contribution in [3.63, 3.8) is 0 Å². The molecule has 3 aromatic carbocycles. The van der Waals surface area contributed by atoms with Crippen molar-refractivity contribution in [2.75, 3.05) is 0 Å². The predicted octanol–water partition coefficient (Wildman–Crippen LogP) is 5.10. The van der Waals surface area contributed by atoms with E-state index in [2.05, 4.69) is 14.6 Å². The summed E-state index contributed by atoms with van der Waals surface area (Å²) < 4.78 is 47.5. The molecule has 0 radical (unpaired) electrons. The maximum Gasteiger partial charge on any atom is 0.291 e. The van der Waals surface area contributed by atoms with Gasteiger partial charge in [0, 0.05) is 6.04 Å². The molecule has 0 bridgehead atoms. The Morgan fingerprint density at radius 2 is 1.39 bits per heavy atom. The molecule has 0 fully saturated rings. The number of nitrogens with one attached hydrogen (secondary N) is 1. The smallest absolute Gasteiger partial charge is 0.228 e. The van der Waals surface area contributed by atoms with Crippen LogP contribution in [0.5, 0.6) is 0 Å². The number of benzene rings is 3. The van der Waals surface area contributed by atoms with Gasteiger partial charge < -0.3 is 0 Å². The zero-order valence-electron chi connectivity index (χ0n) is 17.6. The first kappa shape index (κ1) is 21.7. The first-order chi connectivity index (χ1) is 14.8. The average molecular weight is 455 g/mol. The molecule has 0 amide bonds. The lowest BCUT2D eigenvalue weighted by molar-refractivity contribution is 0.529. The first-order valence-corrected chi connectivity index (χ1v) is 13.2. The van der Waals surface area contributed by atoms with Crippen LogP contribution in [0.3, 0.4) is 0 Å². The van der Waals surface area contributed by atoms with Gasteiger partial charge in [-0.1, -0.05) is 63.4 Å². The van der Waals surface area contributed by atoms with Crippen molar-refractivity contribution in [1.82, 2.24) is 4.72 Å². The molecule has 1 unspecified atom stereocenters. The second kappa shape index (κ2) is 8.57. The summed E-state index contributed by atoms with van der Waals surface area (Å²) in [5, 5.41) is 0. The van der Waals surface area contributed by atoms with E-state index >= 15 is 0 Å². The Balaban J connectivity index is 1.83. The van der Waals surface area contributed by atoms with Gasteiger partial charge in [-0.3, -0.25) is 0 Å². The van der Waals surface area contributed by atoms with Gasteiger partial charge in [-0.2, -0.15) is 8.42 Å². The summed E-state index contributed by atoms with van der Waals surface area (Å²) >= 11 is 0. The summed E-state index contributed by atoms with van der Waals surface area (Å²) in [5.41, 5.74) is 4.18. The quantitative estimate of drug-likeness (QED) is 0.583. The van der Waals surface area contributed by atoms with Gasteiger partial charge in [-0.05, 0) is 68.5 Å². The van der Waals surface area contributed by atoms with Crippen molar-refractivity contribution in [1.29, 1.82) is 0 Å². The van der Waals surface area contributed by atoms with E-state index in [0.717, 1.165) is 36.0 Å². The fraction of sp³-hybridized carbons (Fsp3) is 0.250. The number of fused-ring (bicyclic) bond motifs is 1. The van der Waals surface area contributed by atoms with Crippen molar-refractivity contribution >= 4 is 19.9 Å². The lowest BCUT2D eigenvalue weighted by atomic mass is 9.88. The molecule has 0 spiro atoms. The van der Waals surface area contributed by atoms with Gasteiger partial charge in [0.2, 0.25) is 0 Å². The lowest BCUT2D eigenvalue weighted by Gasteiger charge is -2.27. The molecule has 0 saturated heterocycles. The summed E-state index contributed by atoms with van der Waals surface area (Å²) in [6.45, 7) is 3.81. The van der Waals surface area contributed by atoms with Gasteiger partial charge >= 0.3 is 0 Å². The Bertz CT molecular complexity index is 1310. The van der Waals surface area contributed by atoms with E-state index in [4.69, 9.17) is 0 Å². The summed E-state index contributed by atoms with van der Waals surface area (Å²) in [4.78, 5) is 0.389. The van der Waals surface area contributed by atoms with Crippen LogP contribution in [0.15, 0.2) is 86.4 Å². The van der Waals surface area contributed by atoms with Crippen LogP contribution in [0.2, 0.25) is 0 Å². The Morgan fingerprint density at radius 3 is 2.03 bits per heavy atom. The third-order valence-corrected chi connectivity index (χ3v) is 9.54. The minimum Gasteiger partial charge on any atom is -0.228 e. The van der Waals surface area contributed by atoms with Crippen molar-refractivity contribution < 1.29 is 12.6 Å². The highest BCUT2D eigenvalue weighted by molar-refractivity contribution is 8.02. The molecule has 0 aromatic heterocycles. The van der Waals surface area contributed by atoms with Gasteiger partial charge in [-0.15, -0.1) is 0 Å². The zero-order valence-corrected chi connectivity index (χ0v) is 19.2. The van der Waals surface area contributed by atoms with E-state index in [0.29, 0.717) is 4.90 Å². The zero-order chi connectivity index (χ0) is 22.1. The molecule has 3 aromatic rings. The van der Waals surface area contributed by atoms with Crippen LogP contribution in [0.25, 0.3) is 0 Å². The van der Waals surface area contributed by atoms with Crippen LogP contribution in [0.4, 0.5) is 0 Å². The fourth-order valence-corrected chi connectivity index (χ4v) is 7.53. The third-order valence-electron chi connectivity index (χ3n) is 5.53. The van der Waals surface area contributed by atoms with Crippen molar-refractivity contribution in [2.24, 2.45) is 3.77 Å². The van der Waals surface area contributed by atoms with Crippen molar-refractivity contribution in [3.05, 3.63) is 95.1 Å². The average Bonchev–Trinajstić information content (AvgIpc) is 2.74. The van der Waals surface area contributed by atoms with Crippen LogP contribution in [-0.4, -0.2) is 12.6 Å². The Labute approximate surface area is 184 Å². The van der Waals surface area contributed by atoms with E-state index in [1.165, 1.54) is 17.7 Å². The van der Waals surface area contributed by atoms with Crippen molar-refractivity contribution in [2.45, 2.75) is 48.9 Å². The van der Waals surface area contributed by atoms with Gasteiger partial charge in [0.25, 0.3) is 10.0 Å².